The molecule has 1 heterocycles. The molecule has 4 rings (SSSR count). The Morgan fingerprint density at radius 3 is 2.55 bits per heavy atom. The van der Waals surface area contributed by atoms with Gasteiger partial charge in [-0.05, 0) is 31.2 Å². The van der Waals surface area contributed by atoms with E-state index in [1.54, 1.807) is 10.9 Å². The highest BCUT2D eigenvalue weighted by molar-refractivity contribution is 6.08. The van der Waals surface area contributed by atoms with E-state index in [-0.39, 0.29) is 16.9 Å². The number of nitro groups is 1. The molecule has 0 aliphatic heterocycles. The van der Waals surface area contributed by atoms with Gasteiger partial charge in [-0.15, -0.1) is 0 Å². The second-order valence-electron chi connectivity index (χ2n) is 6.92. The Kier molecular flexibility index (Phi) is 5.28. The topological polar surface area (TPSA) is 90.1 Å². The monoisotopic (exact) mass is 416 g/mol. The molecule has 7 nitrogen and oxygen atoms in total. The maximum absolute atomic E-state index is 14.2. The molecule has 0 saturated heterocycles. The van der Waals surface area contributed by atoms with Gasteiger partial charge in [-0.3, -0.25) is 14.9 Å². The number of hydrogen-bond acceptors (Lipinski definition) is 4. The molecule has 1 amide bonds. The number of anilines is 1. The van der Waals surface area contributed by atoms with E-state index in [0.717, 1.165) is 35.0 Å². The lowest BCUT2D eigenvalue weighted by molar-refractivity contribution is -0.384. The zero-order valence-electron chi connectivity index (χ0n) is 16.4. The third-order valence-corrected chi connectivity index (χ3v) is 4.68. The fourth-order valence-corrected chi connectivity index (χ4v) is 3.17. The smallest absolute Gasteiger partial charge is 0.271 e. The number of aryl methyl sites for hydroxylation is 1. The number of benzene rings is 3. The Labute approximate surface area is 176 Å². The summed E-state index contributed by atoms with van der Waals surface area (Å²) in [6.45, 7) is 1.93. The van der Waals surface area contributed by atoms with E-state index < -0.39 is 16.6 Å². The van der Waals surface area contributed by atoms with Crippen molar-refractivity contribution in [3.63, 3.8) is 0 Å². The Balaban J connectivity index is 1.78. The van der Waals surface area contributed by atoms with E-state index in [0.29, 0.717) is 5.69 Å². The number of rotatable bonds is 5. The highest BCUT2D eigenvalue weighted by atomic mass is 19.1. The van der Waals surface area contributed by atoms with Crippen molar-refractivity contribution in [1.29, 1.82) is 0 Å². The number of carbonyl (C=O) groups is 1. The van der Waals surface area contributed by atoms with Gasteiger partial charge in [-0.1, -0.05) is 42.0 Å². The fraction of sp³-hybridized carbons (Fsp3) is 0.0435. The number of nitro benzene ring substituents is 1. The average Bonchev–Trinajstić information content (AvgIpc) is 3.21. The number of amides is 1. The summed E-state index contributed by atoms with van der Waals surface area (Å²) >= 11 is 0. The van der Waals surface area contributed by atoms with Crippen LogP contribution in [-0.2, 0) is 0 Å². The summed E-state index contributed by atoms with van der Waals surface area (Å²) in [5, 5.41) is 18.0. The first kappa shape index (κ1) is 20.0. The summed E-state index contributed by atoms with van der Waals surface area (Å²) in [6, 6.07) is 19.7. The molecule has 8 heteroatoms. The second-order valence-corrected chi connectivity index (χ2v) is 6.92. The third kappa shape index (κ3) is 4.18. The van der Waals surface area contributed by atoms with E-state index in [9.17, 15) is 19.3 Å². The van der Waals surface area contributed by atoms with Gasteiger partial charge in [0.2, 0.25) is 0 Å². The van der Waals surface area contributed by atoms with Crippen molar-refractivity contribution in [2.45, 2.75) is 6.92 Å². The van der Waals surface area contributed by atoms with E-state index >= 15 is 0 Å². The number of aromatic nitrogens is 2. The van der Waals surface area contributed by atoms with Crippen molar-refractivity contribution in [1.82, 2.24) is 9.78 Å². The highest BCUT2D eigenvalue weighted by Gasteiger charge is 2.21. The molecule has 0 atom stereocenters. The number of nitrogens with zero attached hydrogens (tertiary/aromatic N) is 3. The minimum absolute atomic E-state index is 0.209. The van der Waals surface area contributed by atoms with Crippen LogP contribution in [-0.4, -0.2) is 20.6 Å². The molecule has 0 radical (unpaired) electrons. The van der Waals surface area contributed by atoms with Gasteiger partial charge in [0.1, 0.15) is 11.5 Å². The third-order valence-electron chi connectivity index (χ3n) is 4.68. The summed E-state index contributed by atoms with van der Waals surface area (Å²) in [6.07, 6.45) is 1.55. The summed E-state index contributed by atoms with van der Waals surface area (Å²) in [4.78, 5) is 23.4. The van der Waals surface area contributed by atoms with Gasteiger partial charge in [0.05, 0.1) is 21.9 Å². The Hall–Kier alpha value is -4.33. The molecule has 1 N–H and O–H groups in total. The van der Waals surface area contributed by atoms with E-state index in [1.807, 2.05) is 61.5 Å². The van der Waals surface area contributed by atoms with Crippen LogP contribution in [0.2, 0.25) is 0 Å². The lowest BCUT2D eigenvalue weighted by atomic mass is 10.1. The van der Waals surface area contributed by atoms with Gasteiger partial charge < -0.3 is 5.32 Å². The van der Waals surface area contributed by atoms with Gasteiger partial charge in [0.25, 0.3) is 11.6 Å². The molecular formula is C23H17FN4O3. The number of nitrogens with one attached hydrogen (secondary N) is 1. The van der Waals surface area contributed by atoms with Crippen LogP contribution < -0.4 is 5.32 Å². The van der Waals surface area contributed by atoms with Gasteiger partial charge in [-0.25, -0.2) is 9.07 Å². The van der Waals surface area contributed by atoms with Crippen LogP contribution in [0.15, 0.2) is 79.0 Å². The van der Waals surface area contributed by atoms with E-state index in [1.165, 1.54) is 0 Å². The summed E-state index contributed by atoms with van der Waals surface area (Å²) in [5.41, 5.74) is 2.48. The molecule has 1 aromatic heterocycles. The molecule has 0 bridgehead atoms. The minimum Gasteiger partial charge on any atom is -0.319 e. The maximum atomic E-state index is 14.2. The lowest BCUT2D eigenvalue weighted by Gasteiger charge is -2.07. The SMILES string of the molecule is Cc1cccc(-c2nn(-c3ccccc3)cc2C(=O)Nc2cc([N+](=O)[O-])ccc2F)c1. The molecule has 154 valence electrons. The van der Waals surface area contributed by atoms with Gasteiger partial charge in [0.15, 0.2) is 0 Å². The standard InChI is InChI=1S/C23H17FN4O3/c1-15-6-5-7-16(12-15)22-19(14-27(26-22)17-8-3-2-4-9-17)23(29)25-21-13-18(28(30)31)10-11-20(21)24/h2-14H,1H3,(H,25,29). The number of non-ortho nitro benzene ring substituents is 1. The number of halogens is 1. The van der Waals surface area contributed by atoms with Crippen LogP contribution >= 0.6 is 0 Å². The highest BCUT2D eigenvalue weighted by Crippen LogP contribution is 2.27. The summed E-state index contributed by atoms with van der Waals surface area (Å²) in [5.74, 6) is -1.40. The zero-order chi connectivity index (χ0) is 22.0. The molecule has 0 spiro atoms. The van der Waals surface area contributed by atoms with Crippen LogP contribution in [0.25, 0.3) is 16.9 Å². The van der Waals surface area contributed by atoms with E-state index in [2.05, 4.69) is 10.4 Å². The van der Waals surface area contributed by atoms with Gasteiger partial charge in [-0.2, -0.15) is 5.10 Å². The Morgan fingerprint density at radius 1 is 1.06 bits per heavy atom. The lowest BCUT2D eigenvalue weighted by Crippen LogP contribution is -2.13. The quantitative estimate of drug-likeness (QED) is 0.360. The molecule has 31 heavy (non-hydrogen) atoms. The maximum Gasteiger partial charge on any atom is 0.271 e. The van der Waals surface area contributed by atoms with Gasteiger partial charge in [0, 0.05) is 23.9 Å². The number of carbonyl (C=O) groups excluding carboxylic acids is 1. The number of para-hydroxylation sites is 1. The van der Waals surface area contributed by atoms with Crippen LogP contribution in [0, 0.1) is 22.9 Å². The molecule has 0 unspecified atom stereocenters. The Bertz CT molecular complexity index is 1290. The summed E-state index contributed by atoms with van der Waals surface area (Å²) < 4.78 is 15.8. The second kappa shape index (κ2) is 8.19. The van der Waals surface area contributed by atoms with Crippen molar-refractivity contribution in [2.24, 2.45) is 0 Å². The predicted octanol–water partition coefficient (Wildman–Crippen LogP) is 5.15. The van der Waals surface area contributed by atoms with E-state index in [4.69, 9.17) is 0 Å². The molecule has 3 aromatic carbocycles. The molecule has 4 aromatic rings. The largest absolute Gasteiger partial charge is 0.319 e. The first-order valence-electron chi connectivity index (χ1n) is 9.40. The van der Waals surface area contributed by atoms with Crippen molar-refractivity contribution in [2.75, 3.05) is 5.32 Å². The van der Waals surface area contributed by atoms with Gasteiger partial charge >= 0.3 is 0 Å². The fourth-order valence-electron chi connectivity index (χ4n) is 3.17. The van der Waals surface area contributed by atoms with Crippen molar-refractivity contribution in [3.05, 3.63) is 106 Å². The first-order valence-corrected chi connectivity index (χ1v) is 9.40. The van der Waals surface area contributed by atoms with Crippen LogP contribution in [0.3, 0.4) is 0 Å². The van der Waals surface area contributed by atoms with Crippen LogP contribution in [0.1, 0.15) is 15.9 Å². The molecule has 0 fully saturated rings. The minimum atomic E-state index is -0.772. The summed E-state index contributed by atoms with van der Waals surface area (Å²) in [7, 11) is 0. The van der Waals surface area contributed by atoms with Crippen LogP contribution in [0.4, 0.5) is 15.8 Å². The Morgan fingerprint density at radius 2 is 1.84 bits per heavy atom. The van der Waals surface area contributed by atoms with Crippen molar-refractivity contribution in [3.8, 4) is 16.9 Å². The molecular weight excluding hydrogens is 399 g/mol. The van der Waals surface area contributed by atoms with Crippen LogP contribution in [0.5, 0.6) is 0 Å². The molecule has 0 aliphatic carbocycles. The first-order chi connectivity index (χ1) is 14.9. The molecule has 0 saturated carbocycles. The normalized spacial score (nSPS) is 10.6. The average molecular weight is 416 g/mol. The zero-order valence-corrected chi connectivity index (χ0v) is 16.4. The predicted molar refractivity (Wildman–Crippen MR) is 115 cm³/mol. The van der Waals surface area contributed by atoms with Crippen molar-refractivity contribution >= 4 is 17.3 Å². The number of hydrogen-bond donors (Lipinski definition) is 1. The molecule has 0 aliphatic rings. The van der Waals surface area contributed by atoms with Crippen molar-refractivity contribution < 1.29 is 14.1 Å².